The van der Waals surface area contributed by atoms with Crippen molar-refractivity contribution in [1.29, 1.82) is 0 Å². The molecule has 0 saturated heterocycles. The van der Waals surface area contributed by atoms with Crippen molar-refractivity contribution in [3.63, 3.8) is 0 Å². The van der Waals surface area contributed by atoms with Gasteiger partial charge in [-0.15, -0.1) is 0 Å². The molecule has 6 N–H and O–H groups in total. The van der Waals surface area contributed by atoms with Crippen LogP contribution in [-0.4, -0.2) is 18.4 Å². The first-order chi connectivity index (χ1) is 11.1. The maximum atomic E-state index is 11.8. The monoisotopic (exact) mass is 322 g/mol. The molecule has 128 valence electrons. The lowest BCUT2D eigenvalue weighted by atomic mass is 10.0. The van der Waals surface area contributed by atoms with Gasteiger partial charge in [0.05, 0.1) is 12.2 Å². The lowest BCUT2D eigenvalue weighted by Gasteiger charge is -2.17. The van der Waals surface area contributed by atoms with Crippen LogP contribution < -0.4 is 27.3 Å². The van der Waals surface area contributed by atoms with E-state index in [1.54, 1.807) is 0 Å². The Balaban J connectivity index is 2.95. The Morgan fingerprint density at radius 3 is 2.43 bits per heavy atom. The Morgan fingerprint density at radius 1 is 1.17 bits per heavy atom. The fourth-order valence-electron chi connectivity index (χ4n) is 2.24. The molecule has 0 saturated carbocycles. The molecule has 1 atom stereocenters. The molecule has 0 aliphatic carbocycles. The number of benzene rings is 1. The molecular weight excluding hydrogens is 296 g/mol. The smallest absolute Gasteiger partial charge is 0.268 e. The van der Waals surface area contributed by atoms with E-state index in [1.165, 1.54) is 18.2 Å². The zero-order valence-corrected chi connectivity index (χ0v) is 13.7. The molecular formula is C16H26N4O3. The van der Waals surface area contributed by atoms with E-state index in [4.69, 9.17) is 16.4 Å². The van der Waals surface area contributed by atoms with Gasteiger partial charge in [-0.1, -0.05) is 33.1 Å². The number of hydrogen-bond donors (Lipinski definition) is 4. The third-order valence-electron chi connectivity index (χ3n) is 3.77. The highest BCUT2D eigenvalue weighted by Gasteiger charge is 2.16. The molecule has 23 heavy (non-hydrogen) atoms. The van der Waals surface area contributed by atoms with Gasteiger partial charge in [0, 0.05) is 5.56 Å². The second-order valence-corrected chi connectivity index (χ2v) is 5.39. The molecule has 0 bridgehead atoms. The maximum absolute atomic E-state index is 11.8. The number of unbranched alkanes of at least 4 members (excludes halogenated alkanes) is 1. The molecule has 2 amide bonds. The number of carbonyl (C=O) groups is 2. The van der Waals surface area contributed by atoms with Crippen LogP contribution >= 0.6 is 0 Å². The average molecular weight is 322 g/mol. The molecule has 1 unspecified atom stereocenters. The minimum absolute atomic E-state index is 0.284. The zero-order valence-electron chi connectivity index (χ0n) is 13.7. The summed E-state index contributed by atoms with van der Waals surface area (Å²) >= 11 is 0. The van der Waals surface area contributed by atoms with Gasteiger partial charge in [-0.2, -0.15) is 0 Å². The molecule has 7 nitrogen and oxygen atoms in total. The third kappa shape index (κ3) is 5.54. The second-order valence-electron chi connectivity index (χ2n) is 5.39. The molecule has 0 fully saturated rings. The highest BCUT2D eigenvalue weighted by atomic mass is 16.5. The lowest BCUT2D eigenvalue weighted by molar-refractivity contribution is 0.0937. The third-order valence-corrected chi connectivity index (χ3v) is 3.77. The van der Waals surface area contributed by atoms with E-state index in [0.717, 1.165) is 25.7 Å². The van der Waals surface area contributed by atoms with Crippen LogP contribution in [0.2, 0.25) is 0 Å². The number of nitrogens with one attached hydrogen (secondary N) is 2. The van der Waals surface area contributed by atoms with Crippen molar-refractivity contribution in [1.82, 2.24) is 10.9 Å². The number of hydrogen-bond acceptors (Lipinski definition) is 5. The topological polar surface area (TPSA) is 119 Å². The predicted molar refractivity (Wildman–Crippen MR) is 88.6 cm³/mol. The minimum atomic E-state index is -0.471. The standard InChI is InChI=1S/C16H26N4O3/c1-3-5-6-11(4-2)10-23-14-9-12(15(21)19-17)7-8-13(14)16(22)20-18/h7-9,11H,3-6,10,17-18H2,1-2H3,(H,19,21)(H,20,22). The first-order valence-electron chi connectivity index (χ1n) is 7.86. The summed E-state index contributed by atoms with van der Waals surface area (Å²) < 4.78 is 5.81. The first kappa shape index (κ1) is 18.9. The normalized spacial score (nSPS) is 11.7. The van der Waals surface area contributed by atoms with E-state index in [9.17, 15) is 9.59 Å². The first-order valence-corrected chi connectivity index (χ1v) is 7.86. The molecule has 1 aromatic rings. The van der Waals surface area contributed by atoms with Crippen LogP contribution in [0.1, 0.15) is 60.2 Å². The van der Waals surface area contributed by atoms with Crippen LogP contribution in [-0.2, 0) is 0 Å². The summed E-state index contributed by atoms with van der Waals surface area (Å²) in [5, 5.41) is 0. The van der Waals surface area contributed by atoms with Gasteiger partial charge in [0.25, 0.3) is 11.8 Å². The summed E-state index contributed by atoms with van der Waals surface area (Å²) in [5.74, 6) is 10.1. The van der Waals surface area contributed by atoms with Gasteiger partial charge < -0.3 is 4.74 Å². The van der Waals surface area contributed by atoms with Gasteiger partial charge in [-0.25, -0.2) is 11.7 Å². The molecule has 0 radical (unpaired) electrons. The van der Waals surface area contributed by atoms with Crippen LogP contribution in [0.25, 0.3) is 0 Å². The van der Waals surface area contributed by atoms with Crippen LogP contribution in [0.4, 0.5) is 0 Å². The van der Waals surface area contributed by atoms with Gasteiger partial charge in [-0.05, 0) is 30.5 Å². The van der Waals surface area contributed by atoms with E-state index >= 15 is 0 Å². The van der Waals surface area contributed by atoms with Crippen molar-refractivity contribution in [3.05, 3.63) is 29.3 Å². The van der Waals surface area contributed by atoms with Gasteiger partial charge in [0.15, 0.2) is 0 Å². The van der Waals surface area contributed by atoms with Crippen molar-refractivity contribution < 1.29 is 14.3 Å². The number of hydrazine groups is 2. The van der Waals surface area contributed by atoms with Crippen molar-refractivity contribution >= 4 is 11.8 Å². The molecule has 0 aliphatic heterocycles. The summed E-state index contributed by atoms with van der Waals surface area (Å²) in [6.45, 7) is 4.73. The van der Waals surface area contributed by atoms with Crippen molar-refractivity contribution in [2.75, 3.05) is 6.61 Å². The van der Waals surface area contributed by atoms with Crippen LogP contribution in [0.3, 0.4) is 0 Å². The summed E-state index contributed by atoms with van der Waals surface area (Å²) in [5.41, 5.74) is 4.73. The maximum Gasteiger partial charge on any atom is 0.268 e. The van der Waals surface area contributed by atoms with Crippen LogP contribution in [0, 0.1) is 5.92 Å². The Bertz CT molecular complexity index is 534. The van der Waals surface area contributed by atoms with Crippen molar-refractivity contribution in [2.24, 2.45) is 17.6 Å². The van der Waals surface area contributed by atoms with E-state index in [-0.39, 0.29) is 5.56 Å². The van der Waals surface area contributed by atoms with Crippen molar-refractivity contribution in [2.45, 2.75) is 39.5 Å². The fourth-order valence-corrected chi connectivity index (χ4v) is 2.24. The number of carbonyl (C=O) groups excluding carboxylic acids is 2. The Morgan fingerprint density at radius 2 is 1.87 bits per heavy atom. The van der Waals surface area contributed by atoms with Gasteiger partial charge in [0.2, 0.25) is 0 Å². The van der Waals surface area contributed by atoms with E-state index in [0.29, 0.717) is 23.8 Å². The van der Waals surface area contributed by atoms with Gasteiger partial charge in [-0.3, -0.25) is 20.4 Å². The number of nitrogens with two attached hydrogens (primary N) is 2. The summed E-state index contributed by atoms with van der Waals surface area (Å²) in [6, 6.07) is 4.49. The molecule has 0 aliphatic rings. The molecule has 0 spiro atoms. The number of ether oxygens (including phenoxy) is 1. The van der Waals surface area contributed by atoms with E-state index < -0.39 is 11.8 Å². The van der Waals surface area contributed by atoms with Gasteiger partial charge >= 0.3 is 0 Å². The minimum Gasteiger partial charge on any atom is -0.492 e. The molecule has 1 rings (SSSR count). The zero-order chi connectivity index (χ0) is 17.2. The molecule has 0 aromatic heterocycles. The second kappa shape index (κ2) is 9.81. The van der Waals surface area contributed by atoms with E-state index in [2.05, 4.69) is 24.7 Å². The van der Waals surface area contributed by atoms with Crippen LogP contribution in [0.5, 0.6) is 5.75 Å². The van der Waals surface area contributed by atoms with Crippen LogP contribution in [0.15, 0.2) is 18.2 Å². The summed E-state index contributed by atoms with van der Waals surface area (Å²) in [6.07, 6.45) is 4.31. The fraction of sp³-hybridized carbons (Fsp3) is 0.500. The summed E-state index contributed by atoms with van der Waals surface area (Å²) in [7, 11) is 0. The lowest BCUT2D eigenvalue weighted by Crippen LogP contribution is -2.32. The Hall–Kier alpha value is -2.12. The van der Waals surface area contributed by atoms with E-state index in [1.807, 2.05) is 0 Å². The Labute approximate surface area is 136 Å². The average Bonchev–Trinajstić information content (AvgIpc) is 2.60. The quantitative estimate of drug-likeness (QED) is 0.312. The number of amides is 2. The predicted octanol–water partition coefficient (Wildman–Crippen LogP) is 1.49. The highest BCUT2D eigenvalue weighted by Crippen LogP contribution is 2.23. The molecule has 1 aromatic carbocycles. The SMILES string of the molecule is CCCCC(CC)COc1cc(C(=O)NN)ccc1C(=O)NN. The highest BCUT2D eigenvalue weighted by molar-refractivity contribution is 5.99. The summed E-state index contributed by atoms with van der Waals surface area (Å²) in [4.78, 5) is 23.5. The van der Waals surface area contributed by atoms with Crippen molar-refractivity contribution in [3.8, 4) is 5.75 Å². The molecule has 7 heteroatoms. The largest absolute Gasteiger partial charge is 0.492 e. The van der Waals surface area contributed by atoms with Gasteiger partial charge in [0.1, 0.15) is 5.75 Å². The number of rotatable bonds is 9. The number of nitrogen functional groups attached to an aromatic ring is 2. The molecule has 0 heterocycles. The Kier molecular flexibility index (Phi) is 8.07.